The van der Waals surface area contributed by atoms with Crippen LogP contribution in [0.5, 0.6) is 0 Å². The fraction of sp³-hybridized carbons (Fsp3) is 0.345. The second-order valence-corrected chi connectivity index (χ2v) is 18.2. The third kappa shape index (κ3) is 23.9. The SMILES string of the molecule is O=C(CN(CC(=O)NCCc1ccc(F)cc1)C(=O)c1cccc(C(=O)N(CC(=O)NCCCCCNC(=O)OCc2ccccc2)CC(=O)NCCc2ccc(F)cc2)c1)NCCCCCNC(=O)OCc1ccccc1. The second kappa shape index (κ2) is 34.1. The number of halogens is 2. The van der Waals surface area contributed by atoms with E-state index in [-0.39, 0.29) is 50.5 Å². The lowest BCUT2D eigenvalue weighted by Crippen LogP contribution is -2.47. The van der Waals surface area contributed by atoms with Crippen LogP contribution in [0.25, 0.3) is 0 Å². The number of hydrogen-bond acceptors (Lipinski definition) is 10. The largest absolute Gasteiger partial charge is 0.445 e. The molecular weight excluding hydrogens is 1010 g/mol. The number of benzene rings is 5. The maximum Gasteiger partial charge on any atom is 0.407 e. The van der Waals surface area contributed by atoms with E-state index in [1.165, 1.54) is 48.5 Å². The minimum atomic E-state index is -0.763. The van der Waals surface area contributed by atoms with Gasteiger partial charge in [-0.15, -0.1) is 0 Å². The number of alkyl carbamates (subject to hydrolysis) is 2. The molecule has 0 spiro atoms. The van der Waals surface area contributed by atoms with Crippen LogP contribution in [0.1, 0.15) is 81.5 Å². The zero-order chi connectivity index (χ0) is 55.7. The highest BCUT2D eigenvalue weighted by Crippen LogP contribution is 2.13. The molecule has 0 unspecified atom stereocenters. The number of carbonyl (C=O) groups is 8. The molecule has 5 aromatic carbocycles. The molecule has 0 saturated heterocycles. The van der Waals surface area contributed by atoms with Gasteiger partial charge in [0.05, 0.1) is 0 Å². The Labute approximate surface area is 453 Å². The average molecular weight is 1080 g/mol. The van der Waals surface area contributed by atoms with Crippen molar-refractivity contribution in [3.63, 3.8) is 0 Å². The fourth-order valence-electron chi connectivity index (χ4n) is 7.70. The molecule has 78 heavy (non-hydrogen) atoms. The van der Waals surface area contributed by atoms with Gasteiger partial charge in [-0.05, 0) is 116 Å². The summed E-state index contributed by atoms with van der Waals surface area (Å²) in [4.78, 5) is 108. The molecule has 5 rings (SSSR count). The highest BCUT2D eigenvalue weighted by Gasteiger charge is 2.26. The molecule has 0 fully saturated rings. The van der Waals surface area contributed by atoms with E-state index in [0.29, 0.717) is 64.5 Å². The van der Waals surface area contributed by atoms with Crippen molar-refractivity contribution >= 4 is 47.6 Å². The van der Waals surface area contributed by atoms with Gasteiger partial charge >= 0.3 is 12.2 Å². The molecule has 0 aliphatic carbocycles. The van der Waals surface area contributed by atoms with Crippen molar-refractivity contribution in [3.8, 4) is 0 Å². The Morgan fingerprint density at radius 2 is 0.692 bits per heavy atom. The molecule has 5 aromatic rings. The second-order valence-electron chi connectivity index (χ2n) is 18.2. The Bertz CT molecular complexity index is 2520. The lowest BCUT2D eigenvalue weighted by atomic mass is 10.1. The zero-order valence-corrected chi connectivity index (χ0v) is 43.6. The Balaban J connectivity index is 1.17. The van der Waals surface area contributed by atoms with E-state index >= 15 is 0 Å². The normalized spacial score (nSPS) is 10.6. The lowest BCUT2D eigenvalue weighted by molar-refractivity contribution is -0.125. The van der Waals surface area contributed by atoms with Crippen molar-refractivity contribution in [1.29, 1.82) is 0 Å². The molecule has 0 saturated carbocycles. The summed E-state index contributed by atoms with van der Waals surface area (Å²) < 4.78 is 37.4. The van der Waals surface area contributed by atoms with Crippen LogP contribution in [0.4, 0.5) is 18.4 Å². The van der Waals surface area contributed by atoms with Gasteiger partial charge in [0.1, 0.15) is 51.0 Å². The smallest absolute Gasteiger partial charge is 0.407 e. The highest BCUT2D eigenvalue weighted by atomic mass is 19.1. The van der Waals surface area contributed by atoms with Gasteiger partial charge in [-0.3, -0.25) is 28.8 Å². The number of amides is 8. The summed E-state index contributed by atoms with van der Waals surface area (Å²) in [7, 11) is 0. The molecule has 414 valence electrons. The topological polar surface area (TPSA) is 234 Å². The number of nitrogens with zero attached hydrogens (tertiary/aromatic N) is 2. The maximum atomic E-state index is 14.2. The molecule has 18 nitrogen and oxygen atoms in total. The Hall–Kier alpha value is -8.68. The molecule has 20 heteroatoms. The van der Waals surface area contributed by atoms with E-state index in [2.05, 4.69) is 31.9 Å². The summed E-state index contributed by atoms with van der Waals surface area (Å²) in [5.41, 5.74) is 3.12. The van der Waals surface area contributed by atoms with Gasteiger partial charge in [-0.2, -0.15) is 0 Å². The molecule has 0 bridgehead atoms. The van der Waals surface area contributed by atoms with Crippen LogP contribution in [0.15, 0.2) is 133 Å². The zero-order valence-electron chi connectivity index (χ0n) is 43.6. The maximum absolute atomic E-state index is 14.2. The molecule has 0 heterocycles. The molecule has 6 N–H and O–H groups in total. The average Bonchev–Trinajstić information content (AvgIpc) is 3.44. The number of carbonyl (C=O) groups excluding carboxylic acids is 8. The Morgan fingerprint density at radius 3 is 1.05 bits per heavy atom. The summed E-state index contributed by atoms with van der Waals surface area (Å²) in [5, 5.41) is 16.4. The molecule has 0 aliphatic heterocycles. The van der Waals surface area contributed by atoms with E-state index in [4.69, 9.17) is 9.47 Å². The minimum absolute atomic E-state index is 0.0605. The highest BCUT2D eigenvalue weighted by molar-refractivity contribution is 6.03. The summed E-state index contributed by atoms with van der Waals surface area (Å²) in [6, 6.07) is 35.6. The third-order valence-electron chi connectivity index (χ3n) is 11.9. The number of hydrogen-bond donors (Lipinski definition) is 6. The summed E-state index contributed by atoms with van der Waals surface area (Å²) in [6.45, 7) is -0.362. The van der Waals surface area contributed by atoms with Gasteiger partial charge in [0.15, 0.2) is 0 Å². The number of unbranched alkanes of at least 4 members (excludes halogenated alkanes) is 4. The van der Waals surface area contributed by atoms with E-state index in [0.717, 1.165) is 32.1 Å². The Kier molecular flexibility index (Phi) is 26.3. The standard InChI is InChI=1S/C58H68F2N8O10/c59-49-24-20-43(21-25-49)28-34-63-53(71)39-67(37-51(69)61-30-9-3-11-32-65-57(75)77-41-45-14-5-1-6-15-45)55(73)47-18-13-19-48(36-47)56(74)68(40-54(72)64-35-29-44-22-26-50(60)27-23-44)38-52(70)62-31-10-4-12-33-66-58(76)78-42-46-16-7-2-8-17-46/h1-2,5-8,13-27,36H,3-4,9-12,28-35,37-42H2,(H,61,69)(H,62,70)(H,63,71)(H,64,72)(H,65,75)(H,66,76). The molecular formula is C58H68F2N8O10. The molecule has 0 atom stereocenters. The Morgan fingerprint density at radius 1 is 0.359 bits per heavy atom. The van der Waals surface area contributed by atoms with Crippen molar-refractivity contribution in [2.75, 3.05) is 65.4 Å². The van der Waals surface area contributed by atoms with Crippen molar-refractivity contribution in [2.24, 2.45) is 0 Å². The van der Waals surface area contributed by atoms with Gasteiger partial charge in [-0.1, -0.05) is 91.0 Å². The van der Waals surface area contributed by atoms with Crippen molar-refractivity contribution in [3.05, 3.63) is 178 Å². The van der Waals surface area contributed by atoms with Crippen LogP contribution in [0.3, 0.4) is 0 Å². The number of rotatable bonds is 32. The predicted octanol–water partition coefficient (Wildman–Crippen LogP) is 5.99. The van der Waals surface area contributed by atoms with Gasteiger partial charge in [0, 0.05) is 50.4 Å². The molecule has 0 radical (unpaired) electrons. The summed E-state index contributed by atoms with van der Waals surface area (Å²) in [5.74, 6) is -4.62. The van der Waals surface area contributed by atoms with Crippen LogP contribution >= 0.6 is 0 Å². The van der Waals surface area contributed by atoms with Crippen LogP contribution < -0.4 is 31.9 Å². The van der Waals surface area contributed by atoms with Crippen LogP contribution in [-0.2, 0) is 54.7 Å². The third-order valence-corrected chi connectivity index (χ3v) is 11.9. The van der Waals surface area contributed by atoms with E-state index in [9.17, 15) is 47.1 Å². The molecule has 0 aromatic heterocycles. The van der Waals surface area contributed by atoms with Gasteiger partial charge in [-0.25, -0.2) is 18.4 Å². The van der Waals surface area contributed by atoms with Crippen molar-refractivity contribution in [2.45, 2.75) is 64.6 Å². The van der Waals surface area contributed by atoms with E-state index in [1.54, 1.807) is 24.3 Å². The first-order valence-corrected chi connectivity index (χ1v) is 25.9. The van der Waals surface area contributed by atoms with E-state index < -0.39 is 85.4 Å². The fourth-order valence-corrected chi connectivity index (χ4v) is 7.70. The van der Waals surface area contributed by atoms with Gasteiger partial charge in [0.25, 0.3) is 11.8 Å². The molecule has 0 aliphatic rings. The van der Waals surface area contributed by atoms with Crippen molar-refractivity contribution in [1.82, 2.24) is 41.7 Å². The van der Waals surface area contributed by atoms with Crippen LogP contribution in [0, 0.1) is 11.6 Å². The predicted molar refractivity (Wildman–Crippen MR) is 287 cm³/mol. The van der Waals surface area contributed by atoms with E-state index in [1.807, 2.05) is 60.7 Å². The van der Waals surface area contributed by atoms with Crippen LogP contribution in [-0.4, -0.2) is 123 Å². The number of nitrogens with one attached hydrogen (secondary N) is 6. The quantitative estimate of drug-likeness (QED) is 0.0275. The first-order valence-electron chi connectivity index (χ1n) is 25.9. The molecule has 8 amide bonds. The lowest BCUT2D eigenvalue weighted by Gasteiger charge is -2.24. The minimum Gasteiger partial charge on any atom is -0.445 e. The van der Waals surface area contributed by atoms with Crippen LogP contribution in [0.2, 0.25) is 0 Å². The van der Waals surface area contributed by atoms with Gasteiger partial charge < -0.3 is 51.2 Å². The summed E-state index contributed by atoms with van der Waals surface area (Å²) in [6.07, 6.45) is 3.22. The monoisotopic (exact) mass is 1070 g/mol. The summed E-state index contributed by atoms with van der Waals surface area (Å²) >= 11 is 0. The van der Waals surface area contributed by atoms with Crippen molar-refractivity contribution < 1.29 is 56.6 Å². The first-order chi connectivity index (χ1) is 37.8. The number of ether oxygens (including phenoxy) is 2. The van der Waals surface area contributed by atoms with Gasteiger partial charge in [0.2, 0.25) is 23.6 Å². The first kappa shape index (κ1) is 60.2.